The van der Waals surface area contributed by atoms with Gasteiger partial charge < -0.3 is 15.4 Å². The molecule has 2 amide bonds. The van der Waals surface area contributed by atoms with Gasteiger partial charge in [0.05, 0.1) is 10.5 Å². The molecular formula is C19H19N3O6. The van der Waals surface area contributed by atoms with E-state index in [0.29, 0.717) is 5.69 Å². The van der Waals surface area contributed by atoms with E-state index >= 15 is 0 Å². The lowest BCUT2D eigenvalue weighted by Gasteiger charge is -2.09. The van der Waals surface area contributed by atoms with Crippen molar-refractivity contribution in [1.82, 2.24) is 0 Å². The first-order valence-electron chi connectivity index (χ1n) is 8.27. The van der Waals surface area contributed by atoms with Crippen LogP contribution in [-0.4, -0.2) is 29.3 Å². The van der Waals surface area contributed by atoms with Crippen LogP contribution in [0.5, 0.6) is 0 Å². The number of nitro benzene ring substituents is 1. The number of amides is 2. The van der Waals surface area contributed by atoms with Crippen LogP contribution in [0.2, 0.25) is 0 Å². The largest absolute Gasteiger partial charge is 0.452 e. The fraction of sp³-hybridized carbons (Fsp3) is 0.211. The van der Waals surface area contributed by atoms with Gasteiger partial charge in [-0.3, -0.25) is 19.7 Å². The average molecular weight is 385 g/mol. The first-order chi connectivity index (χ1) is 13.2. The molecule has 0 unspecified atom stereocenters. The van der Waals surface area contributed by atoms with E-state index in [1.165, 1.54) is 43.3 Å². The third-order valence-electron chi connectivity index (χ3n) is 3.86. The Bertz CT molecular complexity index is 937. The second-order valence-corrected chi connectivity index (χ2v) is 6.09. The Labute approximate surface area is 160 Å². The molecule has 0 fully saturated rings. The van der Waals surface area contributed by atoms with Gasteiger partial charge in [-0.1, -0.05) is 0 Å². The Morgan fingerprint density at radius 2 is 1.64 bits per heavy atom. The minimum Gasteiger partial charge on any atom is -0.452 e. The van der Waals surface area contributed by atoms with Crippen LogP contribution >= 0.6 is 0 Å². The second kappa shape index (κ2) is 8.76. The van der Waals surface area contributed by atoms with Crippen LogP contribution in [0.4, 0.5) is 17.1 Å². The second-order valence-electron chi connectivity index (χ2n) is 6.09. The maximum absolute atomic E-state index is 12.0. The van der Waals surface area contributed by atoms with E-state index in [2.05, 4.69) is 10.6 Å². The summed E-state index contributed by atoms with van der Waals surface area (Å²) in [5, 5.41) is 16.1. The number of rotatable bonds is 6. The third kappa shape index (κ3) is 5.37. The molecule has 146 valence electrons. The number of carbonyl (C=O) groups is 3. The number of aryl methyl sites for hydroxylation is 2. The van der Waals surface area contributed by atoms with E-state index in [4.69, 9.17) is 4.74 Å². The Kier molecular flexibility index (Phi) is 6.43. The van der Waals surface area contributed by atoms with E-state index < -0.39 is 23.4 Å². The Balaban J connectivity index is 1.99. The molecule has 0 saturated heterocycles. The molecule has 0 saturated carbocycles. The number of carbonyl (C=O) groups excluding carboxylic acids is 3. The molecule has 2 aromatic carbocycles. The van der Waals surface area contributed by atoms with Crippen molar-refractivity contribution in [2.45, 2.75) is 20.8 Å². The molecule has 2 N–H and O–H groups in total. The highest BCUT2D eigenvalue weighted by molar-refractivity contribution is 5.97. The summed E-state index contributed by atoms with van der Waals surface area (Å²) in [5.74, 6) is -1.68. The van der Waals surface area contributed by atoms with Gasteiger partial charge in [-0.25, -0.2) is 4.79 Å². The minimum atomic E-state index is -0.737. The number of anilines is 2. The Hall–Kier alpha value is -3.75. The molecule has 0 aliphatic carbocycles. The fourth-order valence-electron chi connectivity index (χ4n) is 2.35. The van der Waals surface area contributed by atoms with Gasteiger partial charge >= 0.3 is 5.97 Å². The molecule has 0 atom stereocenters. The molecule has 0 radical (unpaired) electrons. The smallest absolute Gasteiger partial charge is 0.338 e. The number of esters is 1. The lowest BCUT2D eigenvalue weighted by molar-refractivity contribution is -0.384. The van der Waals surface area contributed by atoms with E-state index in [1.807, 2.05) is 0 Å². The summed E-state index contributed by atoms with van der Waals surface area (Å²) in [5.41, 5.74) is 2.00. The molecule has 2 aromatic rings. The third-order valence-corrected chi connectivity index (χ3v) is 3.86. The molecule has 2 rings (SSSR count). The summed E-state index contributed by atoms with van der Waals surface area (Å²) in [6.07, 6.45) is 0. The van der Waals surface area contributed by atoms with Gasteiger partial charge in [-0.05, 0) is 55.3 Å². The number of nitro groups is 1. The number of nitrogens with zero attached hydrogens (tertiary/aromatic N) is 1. The summed E-state index contributed by atoms with van der Waals surface area (Å²) in [6, 6.07) is 8.80. The summed E-state index contributed by atoms with van der Waals surface area (Å²) < 4.78 is 4.93. The van der Waals surface area contributed by atoms with E-state index in [1.54, 1.807) is 13.8 Å². The maximum Gasteiger partial charge on any atom is 0.338 e. The number of benzene rings is 2. The van der Waals surface area contributed by atoms with E-state index in [0.717, 1.165) is 11.1 Å². The monoisotopic (exact) mass is 385 g/mol. The molecule has 0 heterocycles. The van der Waals surface area contributed by atoms with E-state index in [9.17, 15) is 24.5 Å². The Morgan fingerprint density at radius 1 is 1.04 bits per heavy atom. The molecule has 0 aliphatic heterocycles. The van der Waals surface area contributed by atoms with Gasteiger partial charge in [-0.2, -0.15) is 0 Å². The van der Waals surface area contributed by atoms with Gasteiger partial charge in [0, 0.05) is 18.7 Å². The highest BCUT2D eigenvalue weighted by Gasteiger charge is 2.18. The Morgan fingerprint density at radius 3 is 2.21 bits per heavy atom. The van der Waals surface area contributed by atoms with Crippen molar-refractivity contribution >= 4 is 34.8 Å². The van der Waals surface area contributed by atoms with Crippen LogP contribution in [0, 0.1) is 24.0 Å². The molecule has 0 spiro atoms. The standard InChI is InChI=1S/C19H19N3O6/c1-11-8-16(17(22(26)27)9-12(11)2)21-18(24)10-28-19(25)14-4-6-15(7-5-14)20-13(3)23/h4-9H,10H2,1-3H3,(H,20,23)(H,21,24). The normalized spacial score (nSPS) is 10.1. The predicted molar refractivity (Wildman–Crippen MR) is 102 cm³/mol. The molecule has 28 heavy (non-hydrogen) atoms. The van der Waals surface area contributed by atoms with Gasteiger partial charge in [0.15, 0.2) is 6.61 Å². The van der Waals surface area contributed by atoms with Crippen molar-refractivity contribution in [3.8, 4) is 0 Å². The van der Waals surface area contributed by atoms with E-state index in [-0.39, 0.29) is 22.8 Å². The SMILES string of the molecule is CC(=O)Nc1ccc(C(=O)OCC(=O)Nc2cc(C)c(C)cc2[N+](=O)[O-])cc1. The van der Waals surface area contributed by atoms with Gasteiger partial charge in [0.1, 0.15) is 5.69 Å². The lowest BCUT2D eigenvalue weighted by Crippen LogP contribution is -2.21. The first kappa shape index (κ1) is 20.6. The molecule has 0 aromatic heterocycles. The van der Waals surface area contributed by atoms with Crippen LogP contribution in [0.3, 0.4) is 0 Å². The zero-order valence-electron chi connectivity index (χ0n) is 15.6. The summed E-state index contributed by atoms with van der Waals surface area (Å²) in [4.78, 5) is 45.6. The van der Waals surface area contributed by atoms with Crippen molar-refractivity contribution in [1.29, 1.82) is 0 Å². The van der Waals surface area contributed by atoms with Gasteiger partial charge in [0.25, 0.3) is 11.6 Å². The minimum absolute atomic E-state index is 0.0359. The van der Waals surface area contributed by atoms with Gasteiger partial charge in [-0.15, -0.1) is 0 Å². The van der Waals surface area contributed by atoms with Crippen LogP contribution in [0.15, 0.2) is 36.4 Å². The number of ether oxygens (including phenoxy) is 1. The molecule has 0 aliphatic rings. The lowest BCUT2D eigenvalue weighted by atomic mass is 10.1. The average Bonchev–Trinajstić information content (AvgIpc) is 2.62. The number of hydrogen-bond donors (Lipinski definition) is 2. The topological polar surface area (TPSA) is 128 Å². The highest BCUT2D eigenvalue weighted by Crippen LogP contribution is 2.27. The van der Waals surface area contributed by atoms with Crippen molar-refractivity contribution in [3.05, 3.63) is 63.2 Å². The highest BCUT2D eigenvalue weighted by atomic mass is 16.6. The van der Waals surface area contributed by atoms with Crippen molar-refractivity contribution in [2.75, 3.05) is 17.2 Å². The maximum atomic E-state index is 12.0. The first-order valence-corrected chi connectivity index (χ1v) is 8.27. The molecular weight excluding hydrogens is 366 g/mol. The van der Waals surface area contributed by atoms with Crippen LogP contribution in [0.25, 0.3) is 0 Å². The quantitative estimate of drug-likeness (QED) is 0.447. The number of nitrogens with one attached hydrogen (secondary N) is 2. The fourth-order valence-corrected chi connectivity index (χ4v) is 2.35. The van der Waals surface area contributed by atoms with Gasteiger partial charge in [0.2, 0.25) is 5.91 Å². The van der Waals surface area contributed by atoms with Crippen molar-refractivity contribution in [2.24, 2.45) is 0 Å². The predicted octanol–water partition coefficient (Wildman–Crippen LogP) is 2.97. The molecule has 9 heteroatoms. The van der Waals surface area contributed by atoms with Crippen LogP contribution in [0.1, 0.15) is 28.4 Å². The van der Waals surface area contributed by atoms with Crippen molar-refractivity contribution in [3.63, 3.8) is 0 Å². The molecule has 0 bridgehead atoms. The molecule has 9 nitrogen and oxygen atoms in total. The van der Waals surface area contributed by atoms with Crippen LogP contribution in [-0.2, 0) is 14.3 Å². The van der Waals surface area contributed by atoms with Crippen molar-refractivity contribution < 1.29 is 24.0 Å². The summed E-state index contributed by atoms with van der Waals surface area (Å²) >= 11 is 0. The summed E-state index contributed by atoms with van der Waals surface area (Å²) in [7, 11) is 0. The zero-order chi connectivity index (χ0) is 20.8. The van der Waals surface area contributed by atoms with Crippen LogP contribution < -0.4 is 10.6 Å². The summed E-state index contributed by atoms with van der Waals surface area (Å²) in [6.45, 7) is 4.25. The number of hydrogen-bond acceptors (Lipinski definition) is 6. The zero-order valence-corrected chi connectivity index (χ0v) is 15.6.